The smallest absolute Gasteiger partial charge is 0.220 e. The maximum Gasteiger partial charge on any atom is 0.220 e. The summed E-state index contributed by atoms with van der Waals surface area (Å²) in [5, 5.41) is 14.5. The molecule has 1 aliphatic heterocycles. The van der Waals surface area contributed by atoms with Gasteiger partial charge in [0.15, 0.2) is 9.84 Å². The summed E-state index contributed by atoms with van der Waals surface area (Å²) in [5.41, 5.74) is 0.939. The lowest BCUT2D eigenvalue weighted by Gasteiger charge is -2.18. The Balaban J connectivity index is 1.68. The summed E-state index contributed by atoms with van der Waals surface area (Å²) in [6.45, 7) is 0.436. The SMILES string of the molecule is O=C(C[C@@H](Cn1cnnn1)c1ccc(Cl)cc1)N[C@@H]1CCS(=O)(=O)C1. The van der Waals surface area contributed by atoms with Gasteiger partial charge in [0.05, 0.1) is 18.1 Å². The molecule has 25 heavy (non-hydrogen) atoms. The Labute approximate surface area is 150 Å². The molecular weight excluding hydrogens is 366 g/mol. The van der Waals surface area contributed by atoms with E-state index >= 15 is 0 Å². The van der Waals surface area contributed by atoms with Gasteiger partial charge in [0.1, 0.15) is 6.33 Å². The first kappa shape index (κ1) is 17.8. The van der Waals surface area contributed by atoms with Crippen LogP contribution in [0.15, 0.2) is 30.6 Å². The Bertz CT molecular complexity index is 823. The lowest BCUT2D eigenvalue weighted by Crippen LogP contribution is -2.36. The fraction of sp³-hybridized carbons (Fsp3) is 0.467. The Morgan fingerprint density at radius 1 is 1.36 bits per heavy atom. The largest absolute Gasteiger partial charge is 0.352 e. The van der Waals surface area contributed by atoms with Crippen LogP contribution in [0, 0.1) is 0 Å². The summed E-state index contributed by atoms with van der Waals surface area (Å²) in [6.07, 6.45) is 2.16. The fourth-order valence-electron chi connectivity index (χ4n) is 2.93. The van der Waals surface area contributed by atoms with E-state index in [2.05, 4.69) is 20.8 Å². The molecule has 8 nitrogen and oxygen atoms in total. The summed E-state index contributed by atoms with van der Waals surface area (Å²) in [6, 6.07) is 6.96. The number of nitrogens with one attached hydrogen (secondary N) is 1. The van der Waals surface area contributed by atoms with Gasteiger partial charge in [-0.25, -0.2) is 13.1 Å². The van der Waals surface area contributed by atoms with E-state index in [0.29, 0.717) is 18.0 Å². The van der Waals surface area contributed by atoms with Crippen molar-refractivity contribution in [2.24, 2.45) is 0 Å². The second-order valence-corrected chi connectivity index (χ2v) is 8.82. The van der Waals surface area contributed by atoms with Crippen LogP contribution in [0.2, 0.25) is 5.02 Å². The van der Waals surface area contributed by atoms with Gasteiger partial charge in [-0.1, -0.05) is 23.7 Å². The highest BCUT2D eigenvalue weighted by Crippen LogP contribution is 2.24. The highest BCUT2D eigenvalue weighted by molar-refractivity contribution is 7.91. The number of halogens is 1. The number of benzene rings is 1. The number of amides is 1. The third-order valence-electron chi connectivity index (χ3n) is 4.17. The first-order valence-corrected chi connectivity index (χ1v) is 10.1. The molecule has 2 atom stereocenters. The first-order valence-electron chi connectivity index (χ1n) is 7.87. The second kappa shape index (κ2) is 7.49. The summed E-state index contributed by atoms with van der Waals surface area (Å²) in [7, 11) is -3.03. The molecule has 0 bridgehead atoms. The Hall–Kier alpha value is -2.00. The minimum Gasteiger partial charge on any atom is -0.352 e. The van der Waals surface area contributed by atoms with Gasteiger partial charge in [0, 0.05) is 23.4 Å². The Morgan fingerprint density at radius 3 is 2.72 bits per heavy atom. The minimum absolute atomic E-state index is 0.0113. The third-order valence-corrected chi connectivity index (χ3v) is 6.19. The van der Waals surface area contributed by atoms with Crippen LogP contribution < -0.4 is 5.32 Å². The summed E-state index contributed by atoms with van der Waals surface area (Å²) in [4.78, 5) is 12.4. The van der Waals surface area contributed by atoms with Crippen molar-refractivity contribution in [3.05, 3.63) is 41.2 Å². The van der Waals surface area contributed by atoms with Crippen molar-refractivity contribution in [2.45, 2.75) is 31.3 Å². The molecule has 1 aromatic carbocycles. The molecule has 0 aliphatic carbocycles. The molecule has 0 spiro atoms. The predicted octanol–water partition coefficient (Wildman–Crippen LogP) is 0.804. The Morgan fingerprint density at radius 2 is 2.12 bits per heavy atom. The lowest BCUT2D eigenvalue weighted by molar-refractivity contribution is -0.122. The molecule has 0 radical (unpaired) electrons. The second-order valence-electron chi connectivity index (χ2n) is 6.15. The number of aromatic nitrogens is 4. The van der Waals surface area contributed by atoms with E-state index in [1.807, 2.05) is 12.1 Å². The minimum atomic E-state index is -3.03. The normalized spacial score (nSPS) is 20.3. The maximum absolute atomic E-state index is 12.4. The van der Waals surface area contributed by atoms with Crippen molar-refractivity contribution in [2.75, 3.05) is 11.5 Å². The molecule has 1 amide bonds. The van der Waals surface area contributed by atoms with Crippen molar-refractivity contribution >= 4 is 27.3 Å². The van der Waals surface area contributed by atoms with Gasteiger partial charge in [0.25, 0.3) is 0 Å². The molecule has 2 heterocycles. The van der Waals surface area contributed by atoms with E-state index in [-0.39, 0.29) is 35.8 Å². The zero-order valence-electron chi connectivity index (χ0n) is 13.4. The first-order chi connectivity index (χ1) is 11.9. The average Bonchev–Trinajstić information content (AvgIpc) is 3.17. The average molecular weight is 384 g/mol. The molecule has 1 aliphatic rings. The van der Waals surface area contributed by atoms with Crippen LogP contribution in [0.4, 0.5) is 0 Å². The molecular formula is C15H18ClN5O3S. The van der Waals surface area contributed by atoms with Crippen molar-refractivity contribution in [1.82, 2.24) is 25.5 Å². The van der Waals surface area contributed by atoms with Gasteiger partial charge < -0.3 is 5.32 Å². The van der Waals surface area contributed by atoms with Gasteiger partial charge in [-0.2, -0.15) is 0 Å². The van der Waals surface area contributed by atoms with Crippen molar-refractivity contribution < 1.29 is 13.2 Å². The molecule has 1 saturated heterocycles. The highest BCUT2D eigenvalue weighted by Gasteiger charge is 2.29. The summed E-state index contributed by atoms with van der Waals surface area (Å²) < 4.78 is 24.6. The lowest BCUT2D eigenvalue weighted by atomic mass is 9.95. The highest BCUT2D eigenvalue weighted by atomic mass is 35.5. The summed E-state index contributed by atoms with van der Waals surface area (Å²) >= 11 is 5.93. The zero-order valence-corrected chi connectivity index (χ0v) is 14.9. The summed E-state index contributed by atoms with van der Waals surface area (Å²) in [5.74, 6) is -0.200. The zero-order chi connectivity index (χ0) is 17.9. The van der Waals surface area contributed by atoms with E-state index in [4.69, 9.17) is 11.6 Å². The van der Waals surface area contributed by atoms with E-state index in [9.17, 15) is 13.2 Å². The van der Waals surface area contributed by atoms with Crippen LogP contribution >= 0.6 is 11.6 Å². The number of hydrogen-bond donors (Lipinski definition) is 1. The van der Waals surface area contributed by atoms with Crippen LogP contribution in [0.3, 0.4) is 0 Å². The van der Waals surface area contributed by atoms with Crippen LogP contribution in [0.25, 0.3) is 0 Å². The Kier molecular flexibility index (Phi) is 5.33. The van der Waals surface area contributed by atoms with E-state index in [1.54, 1.807) is 16.8 Å². The van der Waals surface area contributed by atoms with Gasteiger partial charge >= 0.3 is 0 Å². The van der Waals surface area contributed by atoms with Crippen LogP contribution in [-0.2, 0) is 21.2 Å². The predicted molar refractivity (Wildman–Crippen MR) is 91.8 cm³/mol. The molecule has 0 saturated carbocycles. The molecule has 1 fully saturated rings. The number of carbonyl (C=O) groups is 1. The van der Waals surface area contributed by atoms with Gasteiger partial charge in [-0.15, -0.1) is 5.10 Å². The van der Waals surface area contributed by atoms with E-state index in [1.165, 1.54) is 6.33 Å². The number of tetrazole rings is 1. The van der Waals surface area contributed by atoms with Gasteiger partial charge in [0.2, 0.25) is 5.91 Å². The number of rotatable bonds is 6. The third kappa shape index (κ3) is 4.99. The van der Waals surface area contributed by atoms with Gasteiger partial charge in [-0.05, 0) is 34.5 Å². The number of hydrogen-bond acceptors (Lipinski definition) is 6. The van der Waals surface area contributed by atoms with E-state index in [0.717, 1.165) is 5.56 Å². The van der Waals surface area contributed by atoms with Crippen molar-refractivity contribution in [3.8, 4) is 0 Å². The maximum atomic E-state index is 12.4. The molecule has 2 aromatic rings. The molecule has 134 valence electrons. The van der Waals surface area contributed by atoms with Crippen LogP contribution in [0.5, 0.6) is 0 Å². The van der Waals surface area contributed by atoms with Gasteiger partial charge in [-0.3, -0.25) is 4.79 Å². The van der Waals surface area contributed by atoms with Crippen LogP contribution in [0.1, 0.15) is 24.3 Å². The molecule has 1 aromatic heterocycles. The number of carbonyl (C=O) groups excluding carboxylic acids is 1. The molecule has 3 rings (SSSR count). The quantitative estimate of drug-likeness (QED) is 0.790. The molecule has 0 unspecified atom stereocenters. The molecule has 10 heteroatoms. The van der Waals surface area contributed by atoms with Crippen LogP contribution in [-0.4, -0.2) is 52.1 Å². The van der Waals surface area contributed by atoms with Crippen molar-refractivity contribution in [1.29, 1.82) is 0 Å². The fourth-order valence-corrected chi connectivity index (χ4v) is 4.73. The standard InChI is InChI=1S/C15H18ClN5O3S/c16-13-3-1-11(2-4-13)12(8-21-10-17-19-20-21)7-15(22)18-14-5-6-25(23,24)9-14/h1-4,10,12,14H,5-9H2,(H,18,22)/t12-,14+/m0/s1. The number of sulfone groups is 1. The van der Waals surface area contributed by atoms with E-state index < -0.39 is 9.84 Å². The number of nitrogens with zero attached hydrogens (tertiary/aromatic N) is 4. The monoisotopic (exact) mass is 383 g/mol. The topological polar surface area (TPSA) is 107 Å². The molecule has 1 N–H and O–H groups in total. The van der Waals surface area contributed by atoms with Crippen molar-refractivity contribution in [3.63, 3.8) is 0 Å².